The summed E-state index contributed by atoms with van der Waals surface area (Å²) in [6.07, 6.45) is 5.95. The Bertz CT molecular complexity index is 998. The SMILES string of the molecule is CO[C@@H]1[C@H](OC(=O)CCCc2ccc(NC(=O)[C@H](C)N)cc2)CC[C@]2(CO2)[C@H]1[C@@]1(C)O[C@@H]1CC=C(C)C. The number of esters is 1. The Hall–Kier alpha value is -2.26. The lowest BCUT2D eigenvalue weighted by molar-refractivity contribution is -0.172. The first-order valence-electron chi connectivity index (χ1n) is 13.4. The van der Waals surface area contributed by atoms with Crippen LogP contribution in [-0.4, -0.2) is 61.1 Å². The minimum atomic E-state index is -0.561. The Labute approximate surface area is 220 Å². The zero-order valence-corrected chi connectivity index (χ0v) is 22.8. The molecule has 7 atom stereocenters. The van der Waals surface area contributed by atoms with Crippen molar-refractivity contribution < 1.29 is 28.5 Å². The van der Waals surface area contributed by atoms with Gasteiger partial charge in [0.1, 0.15) is 23.4 Å². The molecule has 1 saturated carbocycles. The van der Waals surface area contributed by atoms with Gasteiger partial charge in [-0.1, -0.05) is 23.8 Å². The van der Waals surface area contributed by atoms with Gasteiger partial charge < -0.3 is 30.0 Å². The van der Waals surface area contributed by atoms with Crippen molar-refractivity contribution in [1.29, 1.82) is 0 Å². The van der Waals surface area contributed by atoms with Crippen molar-refractivity contribution in [3.8, 4) is 0 Å². The van der Waals surface area contributed by atoms with E-state index in [1.807, 2.05) is 24.3 Å². The fourth-order valence-corrected chi connectivity index (χ4v) is 5.75. The summed E-state index contributed by atoms with van der Waals surface area (Å²) in [6.45, 7) is 8.69. The zero-order chi connectivity index (χ0) is 26.8. The number of hydrogen-bond donors (Lipinski definition) is 2. The number of nitrogens with two attached hydrogens (primary N) is 1. The number of hydrogen-bond acceptors (Lipinski definition) is 7. The molecule has 3 N–H and O–H groups in total. The molecule has 204 valence electrons. The first kappa shape index (κ1) is 27.8. The molecule has 4 rings (SSSR count). The maximum Gasteiger partial charge on any atom is 0.306 e. The first-order chi connectivity index (χ1) is 17.6. The summed E-state index contributed by atoms with van der Waals surface area (Å²) in [7, 11) is 1.69. The molecular formula is C29H42N2O6. The molecule has 2 aliphatic heterocycles. The van der Waals surface area contributed by atoms with Crippen LogP contribution in [0.1, 0.15) is 65.4 Å². The topological polar surface area (TPSA) is 116 Å². The summed E-state index contributed by atoms with van der Waals surface area (Å²) in [6, 6.07) is 7.03. The molecule has 37 heavy (non-hydrogen) atoms. The zero-order valence-electron chi connectivity index (χ0n) is 22.8. The fraction of sp³-hybridized carbons (Fsp3) is 0.655. The highest BCUT2D eigenvalue weighted by atomic mass is 16.6. The Morgan fingerprint density at radius 1 is 1.27 bits per heavy atom. The molecule has 0 radical (unpaired) electrons. The quantitative estimate of drug-likeness (QED) is 0.261. The van der Waals surface area contributed by atoms with Crippen LogP contribution in [0.15, 0.2) is 35.9 Å². The number of carbonyl (C=O) groups is 2. The van der Waals surface area contributed by atoms with Gasteiger partial charge >= 0.3 is 5.97 Å². The van der Waals surface area contributed by atoms with Crippen molar-refractivity contribution in [1.82, 2.24) is 0 Å². The van der Waals surface area contributed by atoms with E-state index in [4.69, 9.17) is 24.7 Å². The summed E-state index contributed by atoms with van der Waals surface area (Å²) in [5.74, 6) is -0.407. The Morgan fingerprint density at radius 3 is 2.57 bits per heavy atom. The van der Waals surface area contributed by atoms with Gasteiger partial charge in [0.2, 0.25) is 5.91 Å². The Balaban J connectivity index is 1.29. The maximum atomic E-state index is 12.8. The van der Waals surface area contributed by atoms with Crippen LogP contribution >= 0.6 is 0 Å². The van der Waals surface area contributed by atoms with Gasteiger partial charge in [-0.3, -0.25) is 9.59 Å². The van der Waals surface area contributed by atoms with Gasteiger partial charge in [0.25, 0.3) is 0 Å². The molecule has 3 aliphatic rings. The average Bonchev–Trinajstić information content (AvgIpc) is 3.77. The second-order valence-electron chi connectivity index (χ2n) is 11.2. The second-order valence-corrected chi connectivity index (χ2v) is 11.2. The number of carbonyl (C=O) groups excluding carboxylic acids is 2. The molecule has 8 nitrogen and oxygen atoms in total. The largest absolute Gasteiger partial charge is 0.460 e. The molecule has 0 unspecified atom stereocenters. The third-order valence-electron chi connectivity index (χ3n) is 8.00. The second kappa shape index (κ2) is 11.2. The lowest BCUT2D eigenvalue weighted by atomic mass is 9.68. The van der Waals surface area contributed by atoms with Crippen LogP contribution in [0.2, 0.25) is 0 Å². The summed E-state index contributed by atoms with van der Waals surface area (Å²) in [4.78, 5) is 24.5. The molecule has 1 amide bonds. The van der Waals surface area contributed by atoms with Crippen molar-refractivity contribution in [2.45, 2.75) is 102 Å². The van der Waals surface area contributed by atoms with Gasteiger partial charge in [0, 0.05) is 19.2 Å². The number of epoxide rings is 2. The van der Waals surface area contributed by atoms with E-state index < -0.39 is 6.04 Å². The van der Waals surface area contributed by atoms with E-state index >= 15 is 0 Å². The van der Waals surface area contributed by atoms with Crippen LogP contribution in [0, 0.1) is 5.92 Å². The van der Waals surface area contributed by atoms with Gasteiger partial charge in [-0.25, -0.2) is 0 Å². The number of ether oxygens (including phenoxy) is 4. The van der Waals surface area contributed by atoms with Crippen molar-refractivity contribution in [2.75, 3.05) is 19.0 Å². The molecule has 3 fully saturated rings. The molecule has 1 spiro atoms. The number of aryl methyl sites for hydroxylation is 1. The molecule has 0 bridgehead atoms. The highest BCUT2D eigenvalue weighted by molar-refractivity contribution is 5.94. The summed E-state index contributed by atoms with van der Waals surface area (Å²) in [5.41, 5.74) is 8.09. The lowest BCUT2D eigenvalue weighted by Crippen LogP contribution is -2.55. The van der Waals surface area contributed by atoms with Gasteiger partial charge in [0.15, 0.2) is 0 Å². The number of allylic oxidation sites excluding steroid dienone is 1. The molecule has 1 aromatic carbocycles. The van der Waals surface area contributed by atoms with Crippen LogP contribution < -0.4 is 11.1 Å². The molecule has 0 aromatic heterocycles. The van der Waals surface area contributed by atoms with Gasteiger partial charge in [-0.2, -0.15) is 0 Å². The number of methoxy groups -OCH3 is 1. The number of amides is 1. The minimum Gasteiger partial charge on any atom is -0.460 e. The molecule has 2 heterocycles. The number of benzene rings is 1. The predicted molar refractivity (Wildman–Crippen MR) is 141 cm³/mol. The molecule has 1 aromatic rings. The number of rotatable bonds is 11. The number of nitrogens with one attached hydrogen (secondary N) is 1. The van der Waals surface area contributed by atoms with Crippen molar-refractivity contribution in [2.24, 2.45) is 11.7 Å². The van der Waals surface area contributed by atoms with Gasteiger partial charge in [0.05, 0.1) is 24.7 Å². The normalized spacial score (nSPS) is 32.9. The van der Waals surface area contributed by atoms with Gasteiger partial charge in [-0.15, -0.1) is 0 Å². The van der Waals surface area contributed by atoms with E-state index in [-0.39, 0.29) is 47.3 Å². The van der Waals surface area contributed by atoms with Crippen LogP contribution in [0.4, 0.5) is 5.69 Å². The summed E-state index contributed by atoms with van der Waals surface area (Å²) >= 11 is 0. The van der Waals surface area contributed by atoms with E-state index in [1.165, 1.54) is 5.57 Å². The van der Waals surface area contributed by atoms with E-state index in [2.05, 4.69) is 32.2 Å². The van der Waals surface area contributed by atoms with Gasteiger partial charge in [-0.05, 0) is 77.5 Å². The smallest absolute Gasteiger partial charge is 0.306 e. The average molecular weight is 515 g/mol. The van der Waals surface area contributed by atoms with Crippen LogP contribution in [0.3, 0.4) is 0 Å². The minimum absolute atomic E-state index is 0.0216. The first-order valence-corrected chi connectivity index (χ1v) is 13.4. The third-order valence-corrected chi connectivity index (χ3v) is 8.00. The predicted octanol–water partition coefficient (Wildman–Crippen LogP) is 3.91. The van der Waals surface area contributed by atoms with Crippen LogP contribution in [0.5, 0.6) is 0 Å². The van der Waals surface area contributed by atoms with E-state index in [0.717, 1.165) is 31.2 Å². The summed E-state index contributed by atoms with van der Waals surface area (Å²) in [5, 5.41) is 2.77. The molecular weight excluding hydrogens is 472 g/mol. The van der Waals surface area contributed by atoms with Crippen molar-refractivity contribution >= 4 is 17.6 Å². The summed E-state index contributed by atoms with van der Waals surface area (Å²) < 4.78 is 24.2. The molecule has 1 aliphatic carbocycles. The Morgan fingerprint density at radius 2 is 1.97 bits per heavy atom. The standard InChI is InChI=1S/C29H42N2O6/c1-18(2)9-14-23-28(4,37-23)26-25(34-5)22(15-16-29(26)17-35-29)36-24(32)8-6-7-20-10-12-21(13-11-20)31-27(33)19(3)30/h9-13,19,22-23,25-26H,6-8,14-17,30H2,1-5H3,(H,31,33)/t19-,22+,23+,25+,26+,28-,29-/m0/s1. The highest BCUT2D eigenvalue weighted by Crippen LogP contribution is 2.59. The third kappa shape index (κ3) is 6.42. The molecule has 2 saturated heterocycles. The Kier molecular flexibility index (Phi) is 8.43. The van der Waals surface area contributed by atoms with E-state index in [1.54, 1.807) is 14.0 Å². The fourth-order valence-electron chi connectivity index (χ4n) is 5.75. The van der Waals surface area contributed by atoms with Crippen LogP contribution in [0.25, 0.3) is 0 Å². The monoisotopic (exact) mass is 514 g/mol. The van der Waals surface area contributed by atoms with E-state index in [0.29, 0.717) is 25.1 Å². The lowest BCUT2D eigenvalue weighted by Gasteiger charge is -2.42. The van der Waals surface area contributed by atoms with E-state index in [9.17, 15) is 9.59 Å². The number of anilines is 1. The van der Waals surface area contributed by atoms with Crippen molar-refractivity contribution in [3.05, 3.63) is 41.5 Å². The van der Waals surface area contributed by atoms with Crippen LogP contribution in [-0.2, 0) is 35.0 Å². The molecule has 8 heteroatoms. The highest BCUT2D eigenvalue weighted by Gasteiger charge is 2.72. The van der Waals surface area contributed by atoms with Crippen molar-refractivity contribution in [3.63, 3.8) is 0 Å². The maximum absolute atomic E-state index is 12.8.